The number of aliphatic hydroxyl groups excluding tert-OH is 1. The second-order valence-corrected chi connectivity index (χ2v) is 4.53. The molecule has 0 aromatic carbocycles. The molecule has 7 heteroatoms. The Morgan fingerprint density at radius 3 is 2.25 bits per heavy atom. The zero-order valence-corrected chi connectivity index (χ0v) is 12.1. The first kappa shape index (κ1) is 16.6. The van der Waals surface area contributed by atoms with Crippen LogP contribution in [0, 0.1) is 6.92 Å². The Bertz CT molecular complexity index is 429. The molecule has 0 aliphatic heterocycles. The van der Waals surface area contributed by atoms with Crippen molar-refractivity contribution in [2.24, 2.45) is 0 Å². The fraction of sp³-hybridized carbons (Fsp3) is 0.692. The number of anilines is 2. The number of hydrogen-bond donors (Lipinski definition) is 3. The van der Waals surface area contributed by atoms with Gasteiger partial charge in [0.2, 0.25) is 0 Å². The van der Waals surface area contributed by atoms with Gasteiger partial charge in [0.25, 0.3) is 6.43 Å². The number of aromatic nitrogens is 2. The smallest absolute Gasteiger partial charge is 0.265 e. The van der Waals surface area contributed by atoms with Gasteiger partial charge in [0, 0.05) is 25.1 Å². The fourth-order valence-corrected chi connectivity index (χ4v) is 1.60. The zero-order chi connectivity index (χ0) is 15.1. The maximum absolute atomic E-state index is 12.3. The van der Waals surface area contributed by atoms with Gasteiger partial charge in [-0.3, -0.25) is 0 Å². The number of hydrogen-bond acceptors (Lipinski definition) is 5. The average Bonchev–Trinajstić information content (AvgIpc) is 2.44. The molecule has 20 heavy (non-hydrogen) atoms. The summed E-state index contributed by atoms with van der Waals surface area (Å²) in [4.78, 5) is 8.65. The summed E-state index contributed by atoms with van der Waals surface area (Å²) in [5.41, 5.74) is 0.761. The van der Waals surface area contributed by atoms with Gasteiger partial charge in [-0.2, -0.15) is 0 Å². The topological polar surface area (TPSA) is 70.1 Å². The van der Waals surface area contributed by atoms with Crippen molar-refractivity contribution in [2.45, 2.75) is 46.1 Å². The molecular weight excluding hydrogens is 266 g/mol. The zero-order valence-electron chi connectivity index (χ0n) is 12.1. The molecule has 1 rings (SSSR count). The van der Waals surface area contributed by atoms with Crippen molar-refractivity contribution in [1.82, 2.24) is 9.97 Å². The van der Waals surface area contributed by atoms with E-state index >= 15 is 0 Å². The normalized spacial score (nSPS) is 12.6. The van der Waals surface area contributed by atoms with Crippen molar-refractivity contribution >= 4 is 11.6 Å². The first-order valence-electron chi connectivity index (χ1n) is 6.81. The molecule has 1 atom stereocenters. The minimum absolute atomic E-state index is 0.244. The van der Waals surface area contributed by atoms with Crippen molar-refractivity contribution in [3.63, 3.8) is 0 Å². The van der Waals surface area contributed by atoms with Crippen LogP contribution < -0.4 is 10.6 Å². The molecule has 5 nitrogen and oxygen atoms in total. The molecule has 1 unspecified atom stereocenters. The lowest BCUT2D eigenvalue weighted by Crippen LogP contribution is -2.27. The van der Waals surface area contributed by atoms with Crippen LogP contribution in [0.15, 0.2) is 0 Å². The molecule has 0 aliphatic carbocycles. The number of aliphatic hydroxyl groups is 1. The van der Waals surface area contributed by atoms with E-state index in [1.807, 2.05) is 20.8 Å². The molecule has 3 N–H and O–H groups in total. The summed E-state index contributed by atoms with van der Waals surface area (Å²) < 4.78 is 24.6. The third-order valence-electron chi connectivity index (χ3n) is 2.82. The highest BCUT2D eigenvalue weighted by molar-refractivity contribution is 5.57. The number of nitrogens with one attached hydrogen (secondary N) is 2. The van der Waals surface area contributed by atoms with Crippen LogP contribution >= 0.6 is 0 Å². The van der Waals surface area contributed by atoms with Gasteiger partial charge in [-0.05, 0) is 13.3 Å². The first-order valence-corrected chi connectivity index (χ1v) is 6.81. The Morgan fingerprint density at radius 1 is 1.15 bits per heavy atom. The second kappa shape index (κ2) is 7.94. The SMILES string of the molecule is CCCNc1nc(CC)nc(NCC(O)C(F)F)c1C. The third kappa shape index (κ3) is 4.56. The second-order valence-electron chi connectivity index (χ2n) is 4.53. The Hall–Kier alpha value is -1.50. The van der Waals surface area contributed by atoms with Crippen molar-refractivity contribution in [1.29, 1.82) is 0 Å². The van der Waals surface area contributed by atoms with E-state index in [0.717, 1.165) is 18.5 Å². The van der Waals surface area contributed by atoms with Crippen molar-refractivity contribution < 1.29 is 13.9 Å². The van der Waals surface area contributed by atoms with Crippen molar-refractivity contribution in [3.05, 3.63) is 11.4 Å². The Morgan fingerprint density at radius 2 is 1.75 bits per heavy atom. The standard InChI is InChI=1S/C13H22F2N4O/c1-4-6-16-12-8(3)13(19-10(5-2)18-12)17-7-9(20)11(14)15/h9,11,20H,4-7H2,1-3H3,(H2,16,17,18,19). The fourth-order valence-electron chi connectivity index (χ4n) is 1.60. The van der Waals surface area contributed by atoms with Crippen LogP contribution in [-0.4, -0.2) is 40.7 Å². The molecule has 0 saturated carbocycles. The number of rotatable bonds is 8. The number of aryl methyl sites for hydroxylation is 1. The predicted octanol–water partition coefficient (Wildman–Crippen LogP) is 2.21. The molecule has 0 amide bonds. The molecule has 1 aromatic heterocycles. The van der Waals surface area contributed by atoms with Gasteiger partial charge < -0.3 is 15.7 Å². The van der Waals surface area contributed by atoms with Gasteiger partial charge in [0.15, 0.2) is 0 Å². The molecule has 0 saturated heterocycles. The van der Waals surface area contributed by atoms with Gasteiger partial charge in [-0.1, -0.05) is 13.8 Å². The van der Waals surface area contributed by atoms with Crippen molar-refractivity contribution in [2.75, 3.05) is 23.7 Å². The Kier molecular flexibility index (Phi) is 6.57. The monoisotopic (exact) mass is 288 g/mol. The summed E-state index contributed by atoms with van der Waals surface area (Å²) in [5.74, 6) is 1.81. The lowest BCUT2D eigenvalue weighted by atomic mass is 10.2. The molecule has 0 spiro atoms. The van der Waals surface area contributed by atoms with Crippen LogP contribution in [-0.2, 0) is 6.42 Å². The largest absolute Gasteiger partial charge is 0.385 e. The number of alkyl halides is 2. The van der Waals surface area contributed by atoms with Crippen LogP contribution in [0.2, 0.25) is 0 Å². The molecule has 0 radical (unpaired) electrons. The van der Waals surface area contributed by atoms with Gasteiger partial charge >= 0.3 is 0 Å². The highest BCUT2D eigenvalue weighted by atomic mass is 19.3. The summed E-state index contributed by atoms with van der Waals surface area (Å²) in [6.07, 6.45) is -2.88. The maximum Gasteiger partial charge on any atom is 0.265 e. The lowest BCUT2D eigenvalue weighted by molar-refractivity contribution is 0.00380. The Balaban J connectivity index is 2.87. The van der Waals surface area contributed by atoms with Crippen LogP contribution in [0.25, 0.3) is 0 Å². The van der Waals surface area contributed by atoms with Gasteiger partial charge in [0.1, 0.15) is 23.6 Å². The summed E-state index contributed by atoms with van der Waals surface area (Å²) in [6.45, 7) is 6.31. The lowest BCUT2D eigenvalue weighted by Gasteiger charge is -2.16. The maximum atomic E-state index is 12.3. The summed E-state index contributed by atoms with van der Waals surface area (Å²) in [5, 5.41) is 15.1. The third-order valence-corrected chi connectivity index (χ3v) is 2.82. The molecule has 114 valence electrons. The van der Waals surface area contributed by atoms with E-state index in [2.05, 4.69) is 20.6 Å². The van der Waals surface area contributed by atoms with Crippen LogP contribution in [0.1, 0.15) is 31.7 Å². The molecule has 0 bridgehead atoms. The molecule has 0 aliphatic rings. The van der Waals surface area contributed by atoms with Crippen LogP contribution in [0.3, 0.4) is 0 Å². The highest BCUT2D eigenvalue weighted by Gasteiger charge is 2.18. The molecular formula is C13H22F2N4O. The average molecular weight is 288 g/mol. The van der Waals surface area contributed by atoms with E-state index in [4.69, 9.17) is 5.11 Å². The van der Waals surface area contributed by atoms with E-state index in [1.54, 1.807) is 0 Å². The molecule has 0 fully saturated rings. The van der Waals surface area contributed by atoms with E-state index in [-0.39, 0.29) is 6.54 Å². The van der Waals surface area contributed by atoms with Crippen LogP contribution in [0.5, 0.6) is 0 Å². The Labute approximate surface area is 117 Å². The number of nitrogens with zero attached hydrogens (tertiary/aromatic N) is 2. The molecule has 1 aromatic rings. The summed E-state index contributed by atoms with van der Waals surface area (Å²) in [6, 6.07) is 0. The van der Waals surface area contributed by atoms with E-state index in [1.165, 1.54) is 0 Å². The van der Waals surface area contributed by atoms with Crippen LogP contribution in [0.4, 0.5) is 20.4 Å². The summed E-state index contributed by atoms with van der Waals surface area (Å²) >= 11 is 0. The molecule has 1 heterocycles. The number of halogens is 2. The minimum Gasteiger partial charge on any atom is -0.385 e. The van der Waals surface area contributed by atoms with Gasteiger partial charge in [-0.15, -0.1) is 0 Å². The van der Waals surface area contributed by atoms with E-state index in [0.29, 0.717) is 23.9 Å². The van der Waals surface area contributed by atoms with Crippen molar-refractivity contribution in [3.8, 4) is 0 Å². The van der Waals surface area contributed by atoms with E-state index in [9.17, 15) is 8.78 Å². The van der Waals surface area contributed by atoms with Gasteiger partial charge in [-0.25, -0.2) is 18.7 Å². The summed E-state index contributed by atoms with van der Waals surface area (Å²) in [7, 11) is 0. The predicted molar refractivity (Wildman–Crippen MR) is 75.4 cm³/mol. The highest BCUT2D eigenvalue weighted by Crippen LogP contribution is 2.20. The quantitative estimate of drug-likeness (QED) is 0.684. The minimum atomic E-state index is -2.77. The van der Waals surface area contributed by atoms with Gasteiger partial charge in [0.05, 0.1) is 0 Å². The van der Waals surface area contributed by atoms with E-state index < -0.39 is 12.5 Å². The first-order chi connectivity index (χ1) is 9.49.